The van der Waals surface area contributed by atoms with Gasteiger partial charge in [-0.25, -0.2) is 0 Å². The molecule has 0 aliphatic carbocycles. The number of hydrogen-bond donors (Lipinski definition) is 1. The Morgan fingerprint density at radius 2 is 1.75 bits per heavy atom. The molecule has 0 radical (unpaired) electrons. The van der Waals surface area contributed by atoms with E-state index in [1.54, 1.807) is 0 Å². The second kappa shape index (κ2) is 7.21. The minimum atomic E-state index is -0.473. The van der Waals surface area contributed by atoms with Crippen molar-refractivity contribution in [1.29, 1.82) is 0 Å². The molecule has 0 spiro atoms. The third-order valence-corrected chi connectivity index (χ3v) is 4.24. The van der Waals surface area contributed by atoms with Crippen molar-refractivity contribution < 1.29 is 14.6 Å². The van der Waals surface area contributed by atoms with E-state index in [0.29, 0.717) is 26.2 Å². The Labute approximate surface area is 121 Å². The molecule has 1 N–H and O–H groups in total. The summed E-state index contributed by atoms with van der Waals surface area (Å²) < 4.78 is 11.3. The standard InChI is InChI=1S/C17H26O3/c1-3-14-5-7-15(8-6-14)13-16(18)17(20-4-2)9-11-19-12-10-17/h5-8,16,18H,3-4,9-13H2,1-2H3. The van der Waals surface area contributed by atoms with E-state index in [4.69, 9.17) is 9.47 Å². The summed E-state index contributed by atoms with van der Waals surface area (Å²) in [6.45, 7) is 6.11. The van der Waals surface area contributed by atoms with Crippen LogP contribution in [0.15, 0.2) is 24.3 Å². The summed E-state index contributed by atoms with van der Waals surface area (Å²) in [4.78, 5) is 0. The van der Waals surface area contributed by atoms with Crippen LogP contribution in [0, 0.1) is 0 Å². The molecule has 1 heterocycles. The van der Waals surface area contributed by atoms with Gasteiger partial charge in [0.1, 0.15) is 0 Å². The lowest BCUT2D eigenvalue weighted by molar-refractivity contribution is -0.165. The molecule has 0 aromatic heterocycles. The lowest BCUT2D eigenvalue weighted by Gasteiger charge is -2.40. The van der Waals surface area contributed by atoms with Gasteiger partial charge < -0.3 is 14.6 Å². The highest BCUT2D eigenvalue weighted by atomic mass is 16.5. The molecule has 1 unspecified atom stereocenters. The topological polar surface area (TPSA) is 38.7 Å². The molecule has 1 atom stereocenters. The van der Waals surface area contributed by atoms with E-state index in [0.717, 1.165) is 19.3 Å². The Kier molecular flexibility index (Phi) is 5.58. The molecule has 2 rings (SSSR count). The van der Waals surface area contributed by atoms with Crippen molar-refractivity contribution >= 4 is 0 Å². The number of ether oxygens (including phenoxy) is 2. The lowest BCUT2D eigenvalue weighted by Crippen LogP contribution is -2.50. The minimum absolute atomic E-state index is 0.434. The van der Waals surface area contributed by atoms with Crippen LogP contribution in [0.5, 0.6) is 0 Å². The molecular weight excluding hydrogens is 252 g/mol. The summed E-state index contributed by atoms with van der Waals surface area (Å²) in [5, 5.41) is 10.7. The van der Waals surface area contributed by atoms with Crippen molar-refractivity contribution in [1.82, 2.24) is 0 Å². The number of benzene rings is 1. The van der Waals surface area contributed by atoms with Crippen LogP contribution in [0.1, 0.15) is 37.8 Å². The first-order chi connectivity index (χ1) is 9.70. The van der Waals surface area contributed by atoms with Gasteiger partial charge in [-0.1, -0.05) is 31.2 Å². The van der Waals surface area contributed by atoms with Crippen LogP contribution < -0.4 is 0 Å². The zero-order valence-corrected chi connectivity index (χ0v) is 12.6. The van der Waals surface area contributed by atoms with Crippen molar-refractivity contribution in [3.8, 4) is 0 Å². The summed E-state index contributed by atoms with van der Waals surface area (Å²) in [7, 11) is 0. The second-order valence-electron chi connectivity index (χ2n) is 5.50. The van der Waals surface area contributed by atoms with Gasteiger partial charge in [0.2, 0.25) is 0 Å². The zero-order chi connectivity index (χ0) is 14.4. The van der Waals surface area contributed by atoms with Gasteiger partial charge in [-0.05, 0) is 24.5 Å². The van der Waals surface area contributed by atoms with Crippen LogP contribution in [0.25, 0.3) is 0 Å². The molecule has 20 heavy (non-hydrogen) atoms. The first-order valence-electron chi connectivity index (χ1n) is 7.68. The largest absolute Gasteiger partial charge is 0.390 e. The van der Waals surface area contributed by atoms with E-state index in [1.165, 1.54) is 11.1 Å². The van der Waals surface area contributed by atoms with Gasteiger partial charge in [-0.2, -0.15) is 0 Å². The average molecular weight is 278 g/mol. The molecule has 1 aliphatic heterocycles. The predicted molar refractivity (Wildman–Crippen MR) is 79.9 cm³/mol. The molecule has 1 aromatic rings. The Morgan fingerprint density at radius 3 is 2.30 bits per heavy atom. The van der Waals surface area contributed by atoms with Gasteiger partial charge in [0, 0.05) is 39.1 Å². The van der Waals surface area contributed by atoms with Crippen LogP contribution in [0.2, 0.25) is 0 Å². The number of rotatable bonds is 6. The smallest absolute Gasteiger partial charge is 0.0987 e. The van der Waals surface area contributed by atoms with E-state index >= 15 is 0 Å². The minimum Gasteiger partial charge on any atom is -0.390 e. The Hall–Kier alpha value is -0.900. The van der Waals surface area contributed by atoms with Crippen molar-refractivity contribution in [2.24, 2.45) is 0 Å². The second-order valence-corrected chi connectivity index (χ2v) is 5.50. The fourth-order valence-corrected chi connectivity index (χ4v) is 2.90. The van der Waals surface area contributed by atoms with E-state index in [2.05, 4.69) is 31.2 Å². The van der Waals surface area contributed by atoms with E-state index < -0.39 is 11.7 Å². The quantitative estimate of drug-likeness (QED) is 0.869. The maximum atomic E-state index is 10.7. The SMILES string of the molecule is CCOC1(C(O)Cc2ccc(CC)cc2)CCOCC1. The van der Waals surface area contributed by atoms with Crippen LogP contribution in [0.3, 0.4) is 0 Å². The molecule has 3 heteroatoms. The van der Waals surface area contributed by atoms with Gasteiger partial charge >= 0.3 is 0 Å². The Bertz CT molecular complexity index is 388. The third-order valence-electron chi connectivity index (χ3n) is 4.24. The van der Waals surface area contributed by atoms with Gasteiger partial charge in [-0.3, -0.25) is 0 Å². The molecule has 1 aliphatic rings. The van der Waals surface area contributed by atoms with E-state index in [-0.39, 0.29) is 0 Å². The predicted octanol–water partition coefficient (Wildman–Crippen LogP) is 2.74. The van der Waals surface area contributed by atoms with Crippen molar-refractivity contribution in [2.45, 2.75) is 51.2 Å². The molecule has 0 amide bonds. The maximum absolute atomic E-state index is 10.7. The van der Waals surface area contributed by atoms with Crippen LogP contribution in [-0.2, 0) is 22.3 Å². The monoisotopic (exact) mass is 278 g/mol. The summed E-state index contributed by atoms with van der Waals surface area (Å²) in [6, 6.07) is 8.50. The fourth-order valence-electron chi connectivity index (χ4n) is 2.90. The number of aliphatic hydroxyl groups excluding tert-OH is 1. The Morgan fingerprint density at radius 1 is 1.15 bits per heavy atom. The molecule has 0 saturated carbocycles. The molecule has 0 bridgehead atoms. The molecule has 1 fully saturated rings. The normalized spacial score (nSPS) is 19.8. The van der Waals surface area contributed by atoms with Crippen molar-refractivity contribution in [2.75, 3.05) is 19.8 Å². The first-order valence-corrected chi connectivity index (χ1v) is 7.68. The van der Waals surface area contributed by atoms with Gasteiger partial charge in [-0.15, -0.1) is 0 Å². The summed E-state index contributed by atoms with van der Waals surface area (Å²) in [5.74, 6) is 0. The molecular formula is C17H26O3. The summed E-state index contributed by atoms with van der Waals surface area (Å²) in [6.07, 6.45) is 2.76. The van der Waals surface area contributed by atoms with Gasteiger partial charge in [0.25, 0.3) is 0 Å². The van der Waals surface area contributed by atoms with Crippen LogP contribution in [-0.4, -0.2) is 36.6 Å². The van der Waals surface area contributed by atoms with E-state index in [9.17, 15) is 5.11 Å². The molecule has 1 aromatic carbocycles. The highest BCUT2D eigenvalue weighted by molar-refractivity contribution is 5.23. The first kappa shape index (κ1) is 15.5. The molecule has 112 valence electrons. The average Bonchev–Trinajstić information content (AvgIpc) is 2.49. The van der Waals surface area contributed by atoms with Crippen molar-refractivity contribution in [3.63, 3.8) is 0 Å². The van der Waals surface area contributed by atoms with Crippen LogP contribution in [0.4, 0.5) is 0 Å². The maximum Gasteiger partial charge on any atom is 0.0987 e. The molecule has 1 saturated heterocycles. The van der Waals surface area contributed by atoms with Crippen molar-refractivity contribution in [3.05, 3.63) is 35.4 Å². The number of aliphatic hydroxyl groups is 1. The number of aryl methyl sites for hydroxylation is 1. The highest BCUT2D eigenvalue weighted by Crippen LogP contribution is 2.30. The van der Waals surface area contributed by atoms with Gasteiger partial charge in [0.05, 0.1) is 11.7 Å². The summed E-state index contributed by atoms with van der Waals surface area (Å²) in [5.41, 5.74) is 2.06. The lowest BCUT2D eigenvalue weighted by atomic mass is 9.84. The fraction of sp³-hybridized carbons (Fsp3) is 0.647. The highest BCUT2D eigenvalue weighted by Gasteiger charge is 2.40. The molecule has 3 nitrogen and oxygen atoms in total. The summed E-state index contributed by atoms with van der Waals surface area (Å²) >= 11 is 0. The zero-order valence-electron chi connectivity index (χ0n) is 12.6. The van der Waals surface area contributed by atoms with Gasteiger partial charge in [0.15, 0.2) is 0 Å². The third kappa shape index (κ3) is 3.60. The van der Waals surface area contributed by atoms with E-state index in [1.807, 2.05) is 6.92 Å². The Balaban J connectivity index is 2.05. The van der Waals surface area contributed by atoms with Crippen LogP contribution >= 0.6 is 0 Å². The number of hydrogen-bond acceptors (Lipinski definition) is 3.